The lowest BCUT2D eigenvalue weighted by atomic mass is 10.0. The van der Waals surface area contributed by atoms with Crippen LogP contribution in [0.3, 0.4) is 0 Å². The number of fused-ring (bicyclic) bond motifs is 1. The first-order valence-corrected chi connectivity index (χ1v) is 8.80. The zero-order valence-corrected chi connectivity index (χ0v) is 14.3. The fourth-order valence-electron chi connectivity index (χ4n) is 3.00. The lowest BCUT2D eigenvalue weighted by molar-refractivity contribution is 0.432. The molecule has 3 aromatic rings. The maximum Gasteiger partial charge on any atom is 0.348 e. The summed E-state index contributed by atoms with van der Waals surface area (Å²) in [6, 6.07) is 13.1. The summed E-state index contributed by atoms with van der Waals surface area (Å²) < 4.78 is 5.18. The van der Waals surface area contributed by atoms with E-state index in [1.165, 1.54) is 6.07 Å². The summed E-state index contributed by atoms with van der Waals surface area (Å²) >= 11 is 1.64. The summed E-state index contributed by atoms with van der Waals surface area (Å²) in [5, 5.41) is 15.8. The number of nitrogens with one attached hydrogen (secondary N) is 1. The van der Waals surface area contributed by atoms with Gasteiger partial charge in [0.05, 0.1) is 23.1 Å². The molecule has 1 aliphatic heterocycles. The van der Waals surface area contributed by atoms with Gasteiger partial charge in [-0.25, -0.2) is 4.79 Å². The number of thiophene rings is 1. The number of anilines is 1. The largest absolute Gasteiger partial charge is 0.507 e. The van der Waals surface area contributed by atoms with Crippen LogP contribution in [0.5, 0.6) is 5.75 Å². The predicted molar refractivity (Wildman–Crippen MR) is 99.3 cm³/mol. The molecule has 3 heterocycles. The number of aromatic hydroxyl groups is 1. The molecule has 6 heteroatoms. The number of hydrogen-bond acceptors (Lipinski definition) is 6. The van der Waals surface area contributed by atoms with Gasteiger partial charge in [-0.05, 0) is 30.5 Å². The lowest BCUT2D eigenvalue weighted by Gasteiger charge is -2.17. The van der Waals surface area contributed by atoms with Crippen molar-refractivity contribution in [1.82, 2.24) is 0 Å². The highest BCUT2D eigenvalue weighted by Crippen LogP contribution is 2.37. The van der Waals surface area contributed by atoms with Crippen molar-refractivity contribution in [1.29, 1.82) is 0 Å². The van der Waals surface area contributed by atoms with E-state index in [0.29, 0.717) is 17.9 Å². The SMILES string of the molecule is Cc1cc(O)c(C2=Nc3ccccc3N[C@H](c3cccs3)C2)c(=O)o1. The number of aryl methyl sites for hydroxylation is 1. The molecule has 0 spiro atoms. The van der Waals surface area contributed by atoms with Crippen molar-refractivity contribution in [2.24, 2.45) is 4.99 Å². The highest BCUT2D eigenvalue weighted by atomic mass is 32.1. The molecular weight excluding hydrogens is 336 g/mol. The minimum Gasteiger partial charge on any atom is -0.507 e. The van der Waals surface area contributed by atoms with Gasteiger partial charge in [0.2, 0.25) is 0 Å². The van der Waals surface area contributed by atoms with E-state index in [1.54, 1.807) is 18.3 Å². The molecule has 0 bridgehead atoms. The van der Waals surface area contributed by atoms with Crippen molar-refractivity contribution in [3.8, 4) is 5.75 Å². The molecule has 2 N–H and O–H groups in total. The van der Waals surface area contributed by atoms with Crippen molar-refractivity contribution >= 4 is 28.4 Å². The fourth-order valence-corrected chi connectivity index (χ4v) is 3.78. The van der Waals surface area contributed by atoms with Gasteiger partial charge in [0, 0.05) is 17.4 Å². The van der Waals surface area contributed by atoms with Gasteiger partial charge in [-0.15, -0.1) is 11.3 Å². The molecule has 0 unspecified atom stereocenters. The van der Waals surface area contributed by atoms with Crippen LogP contribution < -0.4 is 10.9 Å². The Bertz CT molecular complexity index is 1010. The van der Waals surface area contributed by atoms with Crippen molar-refractivity contribution < 1.29 is 9.52 Å². The van der Waals surface area contributed by atoms with Gasteiger partial charge in [-0.3, -0.25) is 4.99 Å². The van der Waals surface area contributed by atoms with Crippen LogP contribution in [0.2, 0.25) is 0 Å². The molecule has 2 aromatic heterocycles. The van der Waals surface area contributed by atoms with Gasteiger partial charge < -0.3 is 14.8 Å². The molecule has 1 aliphatic rings. The Kier molecular flexibility index (Phi) is 3.89. The average Bonchev–Trinajstić information content (AvgIpc) is 3.02. The van der Waals surface area contributed by atoms with Gasteiger partial charge >= 0.3 is 5.63 Å². The molecule has 0 saturated heterocycles. The fraction of sp³-hybridized carbons (Fsp3) is 0.158. The normalized spacial score (nSPS) is 16.5. The van der Waals surface area contributed by atoms with Crippen LogP contribution in [0.4, 0.5) is 11.4 Å². The smallest absolute Gasteiger partial charge is 0.348 e. The standard InChI is InChI=1S/C19H16N2O3S/c1-11-9-16(22)18(19(23)24-11)15-10-14(17-7-4-8-25-17)20-12-5-2-3-6-13(12)21-15/h2-9,14,20,22H,10H2,1H3/t14-/m0/s1. The molecule has 1 aromatic carbocycles. The van der Waals surface area contributed by atoms with Crippen LogP contribution in [0, 0.1) is 6.92 Å². The van der Waals surface area contributed by atoms with Crippen molar-refractivity contribution in [2.45, 2.75) is 19.4 Å². The van der Waals surface area contributed by atoms with E-state index in [-0.39, 0.29) is 17.4 Å². The van der Waals surface area contributed by atoms with Crippen molar-refractivity contribution in [3.63, 3.8) is 0 Å². The zero-order chi connectivity index (χ0) is 17.4. The monoisotopic (exact) mass is 352 g/mol. The Labute approximate surface area is 148 Å². The number of aliphatic imine (C=N–C) groups is 1. The lowest BCUT2D eigenvalue weighted by Crippen LogP contribution is -2.19. The second kappa shape index (κ2) is 6.22. The maximum absolute atomic E-state index is 12.4. The molecule has 5 nitrogen and oxygen atoms in total. The van der Waals surface area contributed by atoms with E-state index in [0.717, 1.165) is 16.3 Å². The molecule has 0 radical (unpaired) electrons. The molecule has 25 heavy (non-hydrogen) atoms. The van der Waals surface area contributed by atoms with Gasteiger partial charge in [-0.1, -0.05) is 18.2 Å². The Hall–Kier alpha value is -2.86. The maximum atomic E-state index is 12.4. The number of para-hydroxylation sites is 2. The molecule has 4 rings (SSSR count). The Morgan fingerprint density at radius 3 is 2.88 bits per heavy atom. The summed E-state index contributed by atoms with van der Waals surface area (Å²) in [6.45, 7) is 1.63. The van der Waals surface area contributed by atoms with Crippen LogP contribution in [-0.4, -0.2) is 10.8 Å². The molecule has 0 fully saturated rings. The second-order valence-electron chi connectivity index (χ2n) is 5.90. The Balaban J connectivity index is 1.89. The van der Waals surface area contributed by atoms with Crippen molar-refractivity contribution in [2.75, 3.05) is 5.32 Å². The summed E-state index contributed by atoms with van der Waals surface area (Å²) in [4.78, 5) is 18.2. The third-order valence-corrected chi connectivity index (χ3v) is 5.10. The Morgan fingerprint density at radius 2 is 2.12 bits per heavy atom. The summed E-state index contributed by atoms with van der Waals surface area (Å²) in [5.74, 6) is 0.269. The first-order valence-electron chi connectivity index (χ1n) is 7.92. The van der Waals surface area contributed by atoms with Crippen LogP contribution in [0.25, 0.3) is 0 Å². The number of hydrogen-bond donors (Lipinski definition) is 2. The zero-order valence-electron chi connectivity index (χ0n) is 13.5. The first-order chi connectivity index (χ1) is 12.1. The van der Waals surface area contributed by atoms with E-state index in [9.17, 15) is 9.90 Å². The van der Waals surface area contributed by atoms with Gasteiger partial charge in [0.1, 0.15) is 17.1 Å². The van der Waals surface area contributed by atoms with Crippen LogP contribution in [-0.2, 0) is 0 Å². The number of nitrogens with zero attached hydrogens (tertiary/aromatic N) is 1. The van der Waals surface area contributed by atoms with E-state index in [2.05, 4.69) is 10.3 Å². The highest BCUT2D eigenvalue weighted by molar-refractivity contribution is 7.10. The molecule has 0 amide bonds. The summed E-state index contributed by atoms with van der Waals surface area (Å²) in [6.07, 6.45) is 0.469. The van der Waals surface area contributed by atoms with E-state index >= 15 is 0 Å². The van der Waals surface area contributed by atoms with Gasteiger partial charge in [0.25, 0.3) is 0 Å². The minimum atomic E-state index is -0.569. The Morgan fingerprint density at radius 1 is 1.28 bits per heavy atom. The summed E-state index contributed by atoms with van der Waals surface area (Å²) in [5.41, 5.74) is 1.70. The molecule has 1 atom stereocenters. The van der Waals surface area contributed by atoms with Gasteiger partial charge in [0.15, 0.2) is 0 Å². The third kappa shape index (κ3) is 2.96. The third-order valence-electron chi connectivity index (χ3n) is 4.12. The quantitative estimate of drug-likeness (QED) is 0.717. The highest BCUT2D eigenvalue weighted by Gasteiger charge is 2.25. The second-order valence-corrected chi connectivity index (χ2v) is 6.88. The predicted octanol–water partition coefficient (Wildman–Crippen LogP) is 4.39. The van der Waals surface area contributed by atoms with Gasteiger partial charge in [-0.2, -0.15) is 0 Å². The molecule has 0 saturated carbocycles. The molecule has 126 valence electrons. The van der Waals surface area contributed by atoms with Crippen LogP contribution in [0.15, 0.2) is 62.0 Å². The first kappa shape index (κ1) is 15.7. The van der Waals surface area contributed by atoms with E-state index in [1.807, 2.05) is 41.8 Å². The van der Waals surface area contributed by atoms with Crippen LogP contribution in [0.1, 0.15) is 28.7 Å². The number of rotatable bonds is 2. The number of benzene rings is 1. The summed E-state index contributed by atoms with van der Waals surface area (Å²) in [7, 11) is 0. The topological polar surface area (TPSA) is 74.8 Å². The average molecular weight is 352 g/mol. The minimum absolute atomic E-state index is 0.0393. The van der Waals surface area contributed by atoms with E-state index < -0.39 is 5.63 Å². The molecular formula is C19H16N2O3S. The van der Waals surface area contributed by atoms with E-state index in [4.69, 9.17) is 4.42 Å². The van der Waals surface area contributed by atoms with Crippen molar-refractivity contribution in [3.05, 3.63) is 74.5 Å². The molecule has 0 aliphatic carbocycles. The van der Waals surface area contributed by atoms with Crippen LogP contribution >= 0.6 is 11.3 Å².